The topological polar surface area (TPSA) is 55.5 Å². The molecule has 0 aliphatic carbocycles. The number of rotatable bonds is 4. The average molecular weight is 185 g/mol. The van der Waals surface area contributed by atoms with Crippen molar-refractivity contribution in [2.24, 2.45) is 15.3 Å². The molecule has 0 amide bonds. The van der Waals surface area contributed by atoms with Crippen LogP contribution in [0, 0.1) is 0 Å². The van der Waals surface area contributed by atoms with E-state index < -0.39 is 0 Å². The van der Waals surface area contributed by atoms with E-state index in [1.54, 1.807) is 14.0 Å². The van der Waals surface area contributed by atoms with Crippen LogP contribution in [0.4, 0.5) is 0 Å². The maximum absolute atomic E-state index is 4.67. The van der Waals surface area contributed by atoms with Gasteiger partial charge in [0, 0.05) is 7.05 Å². The lowest BCUT2D eigenvalue weighted by atomic mass is 10.2. The van der Waals surface area contributed by atoms with Crippen molar-refractivity contribution in [1.29, 1.82) is 0 Å². The van der Waals surface area contributed by atoms with Crippen molar-refractivity contribution < 1.29 is 9.68 Å². The third-order valence-electron chi connectivity index (χ3n) is 1.43. The molecule has 0 aliphatic heterocycles. The van der Waals surface area contributed by atoms with E-state index in [0.29, 0.717) is 11.4 Å². The molecule has 0 fully saturated rings. The molecule has 0 aromatic carbocycles. The number of hydrogen-bond donors (Lipinski definition) is 0. The van der Waals surface area contributed by atoms with Gasteiger partial charge in [0.05, 0.1) is 5.71 Å². The van der Waals surface area contributed by atoms with Crippen LogP contribution in [0.15, 0.2) is 15.3 Å². The van der Waals surface area contributed by atoms with Crippen molar-refractivity contribution in [2.45, 2.75) is 13.8 Å². The summed E-state index contributed by atoms with van der Waals surface area (Å²) in [6.45, 7) is 3.60. The van der Waals surface area contributed by atoms with Crippen molar-refractivity contribution in [1.82, 2.24) is 0 Å². The summed E-state index contributed by atoms with van der Waals surface area (Å²) in [7, 11) is 4.63. The molecule has 0 unspecified atom stereocenters. The first kappa shape index (κ1) is 11.6. The largest absolute Gasteiger partial charge is 0.399 e. The molecule has 0 spiro atoms. The van der Waals surface area contributed by atoms with Crippen LogP contribution in [-0.4, -0.2) is 38.4 Å². The number of aliphatic imine (C=N–C) groups is 1. The Morgan fingerprint density at radius 3 is 1.85 bits per heavy atom. The molecule has 5 nitrogen and oxygen atoms in total. The summed E-state index contributed by atoms with van der Waals surface area (Å²) in [6, 6.07) is 0. The first-order valence-electron chi connectivity index (χ1n) is 3.80. The molecule has 74 valence electrons. The molecule has 13 heavy (non-hydrogen) atoms. The Morgan fingerprint density at radius 1 is 0.923 bits per heavy atom. The second kappa shape index (κ2) is 6.16. The first-order valence-corrected chi connectivity index (χ1v) is 3.80. The van der Waals surface area contributed by atoms with Gasteiger partial charge in [-0.1, -0.05) is 10.3 Å². The first-order chi connectivity index (χ1) is 6.17. The van der Waals surface area contributed by atoms with Crippen molar-refractivity contribution in [2.75, 3.05) is 21.3 Å². The Hall–Kier alpha value is -1.39. The quantitative estimate of drug-likeness (QED) is 0.486. The normalized spacial score (nSPS) is 14.4. The smallest absolute Gasteiger partial charge is 0.148 e. The Kier molecular flexibility index (Phi) is 5.50. The second-order valence-electron chi connectivity index (χ2n) is 2.29. The predicted molar refractivity (Wildman–Crippen MR) is 53.6 cm³/mol. The van der Waals surface area contributed by atoms with Gasteiger partial charge in [0.2, 0.25) is 0 Å². The van der Waals surface area contributed by atoms with E-state index in [1.165, 1.54) is 14.2 Å². The van der Waals surface area contributed by atoms with Crippen LogP contribution < -0.4 is 0 Å². The van der Waals surface area contributed by atoms with Gasteiger partial charge < -0.3 is 9.68 Å². The molecule has 0 rings (SSSR count). The highest BCUT2D eigenvalue weighted by Gasteiger charge is 2.08. The molecule has 0 saturated carbocycles. The molecule has 0 atom stereocenters. The van der Waals surface area contributed by atoms with E-state index in [1.807, 2.05) is 6.92 Å². The summed E-state index contributed by atoms with van der Waals surface area (Å²) < 4.78 is 0. The zero-order valence-electron chi connectivity index (χ0n) is 8.66. The van der Waals surface area contributed by atoms with Gasteiger partial charge in [-0.2, -0.15) is 0 Å². The fourth-order valence-electron chi connectivity index (χ4n) is 0.771. The zero-order valence-corrected chi connectivity index (χ0v) is 8.66. The van der Waals surface area contributed by atoms with E-state index in [9.17, 15) is 0 Å². The predicted octanol–water partition coefficient (Wildman–Crippen LogP) is 1.10. The highest BCUT2D eigenvalue weighted by atomic mass is 16.6. The van der Waals surface area contributed by atoms with Gasteiger partial charge in [0.25, 0.3) is 0 Å². The molecule has 0 saturated heterocycles. The molecule has 0 aromatic heterocycles. The Morgan fingerprint density at radius 2 is 1.46 bits per heavy atom. The summed E-state index contributed by atoms with van der Waals surface area (Å²) in [6.07, 6.45) is 0. The minimum Gasteiger partial charge on any atom is -0.399 e. The summed E-state index contributed by atoms with van der Waals surface area (Å²) >= 11 is 0. The molecule has 0 N–H and O–H groups in total. The molecule has 0 radical (unpaired) electrons. The Bertz CT molecular complexity index is 244. The van der Waals surface area contributed by atoms with Crippen LogP contribution in [0.1, 0.15) is 13.8 Å². The van der Waals surface area contributed by atoms with Crippen molar-refractivity contribution >= 4 is 17.1 Å². The average Bonchev–Trinajstić information content (AvgIpc) is 2.13. The van der Waals surface area contributed by atoms with Gasteiger partial charge >= 0.3 is 0 Å². The lowest BCUT2D eigenvalue weighted by Crippen LogP contribution is -2.20. The van der Waals surface area contributed by atoms with Gasteiger partial charge in [-0.05, 0) is 13.8 Å². The maximum Gasteiger partial charge on any atom is 0.148 e. The molecule has 0 heterocycles. The summed E-state index contributed by atoms with van der Waals surface area (Å²) in [5.74, 6) is 0. The number of nitrogens with zero attached hydrogens (tertiary/aromatic N) is 3. The molecular formula is C8H15N3O2. The van der Waals surface area contributed by atoms with Gasteiger partial charge in [0.1, 0.15) is 25.6 Å². The van der Waals surface area contributed by atoms with E-state index in [-0.39, 0.29) is 0 Å². The third-order valence-corrected chi connectivity index (χ3v) is 1.43. The van der Waals surface area contributed by atoms with Crippen LogP contribution in [0.2, 0.25) is 0 Å². The minimum absolute atomic E-state index is 0.590. The molecule has 0 bridgehead atoms. The Balaban J connectivity index is 4.83. The summed E-state index contributed by atoms with van der Waals surface area (Å²) in [5, 5.41) is 7.53. The lowest BCUT2D eigenvalue weighted by Gasteiger charge is -2.02. The maximum atomic E-state index is 4.67. The van der Waals surface area contributed by atoms with E-state index in [2.05, 4.69) is 25.0 Å². The molecule has 5 heteroatoms. The SMILES string of the molecule is C/N=C(C)/C(=N/OC)C(/C)=N\OC. The van der Waals surface area contributed by atoms with Crippen LogP contribution in [0.5, 0.6) is 0 Å². The van der Waals surface area contributed by atoms with Crippen molar-refractivity contribution in [3.05, 3.63) is 0 Å². The van der Waals surface area contributed by atoms with Crippen molar-refractivity contribution in [3.63, 3.8) is 0 Å². The standard InChI is InChI=1S/C8H15N3O2/c1-6(9-3)8(11-13-5)7(2)10-12-4/h1-5H3/b9-6+,10-7-,11-8-. The fourth-order valence-corrected chi connectivity index (χ4v) is 0.771. The van der Waals surface area contributed by atoms with Gasteiger partial charge in [-0.3, -0.25) is 4.99 Å². The summed E-state index contributed by atoms with van der Waals surface area (Å²) in [4.78, 5) is 13.3. The second-order valence-corrected chi connectivity index (χ2v) is 2.29. The number of oxime groups is 2. The highest BCUT2D eigenvalue weighted by molar-refractivity contribution is 6.67. The lowest BCUT2D eigenvalue weighted by molar-refractivity contribution is 0.210. The summed E-state index contributed by atoms with van der Waals surface area (Å²) in [5.41, 5.74) is 1.97. The minimum atomic E-state index is 0.590. The van der Waals surface area contributed by atoms with E-state index >= 15 is 0 Å². The van der Waals surface area contributed by atoms with Crippen LogP contribution >= 0.6 is 0 Å². The Labute approximate surface area is 78.1 Å². The molecule has 0 aliphatic rings. The molecule has 0 aromatic rings. The van der Waals surface area contributed by atoms with Crippen LogP contribution in [0.25, 0.3) is 0 Å². The monoisotopic (exact) mass is 185 g/mol. The van der Waals surface area contributed by atoms with Crippen LogP contribution in [0.3, 0.4) is 0 Å². The van der Waals surface area contributed by atoms with E-state index in [0.717, 1.165) is 5.71 Å². The number of hydrogen-bond acceptors (Lipinski definition) is 5. The zero-order chi connectivity index (χ0) is 10.3. The van der Waals surface area contributed by atoms with E-state index in [4.69, 9.17) is 0 Å². The van der Waals surface area contributed by atoms with Crippen molar-refractivity contribution in [3.8, 4) is 0 Å². The van der Waals surface area contributed by atoms with Gasteiger partial charge in [-0.15, -0.1) is 0 Å². The fraction of sp³-hybridized carbons (Fsp3) is 0.625. The molecular weight excluding hydrogens is 170 g/mol. The highest BCUT2D eigenvalue weighted by Crippen LogP contribution is 1.91. The van der Waals surface area contributed by atoms with Gasteiger partial charge in [-0.25, -0.2) is 0 Å². The van der Waals surface area contributed by atoms with Crippen LogP contribution in [-0.2, 0) is 9.68 Å². The van der Waals surface area contributed by atoms with Gasteiger partial charge in [0.15, 0.2) is 0 Å². The third kappa shape index (κ3) is 3.68.